The molecule has 7 heteroatoms. The zero-order valence-corrected chi connectivity index (χ0v) is 18.7. The monoisotopic (exact) mass is 480 g/mol. The highest BCUT2D eigenvalue weighted by atomic mass is 127. The number of ether oxygens (including phenoxy) is 2. The van der Waals surface area contributed by atoms with E-state index in [2.05, 4.69) is 29.5 Å². The first-order chi connectivity index (χ1) is 12.3. The van der Waals surface area contributed by atoms with E-state index in [0.717, 1.165) is 37.6 Å². The van der Waals surface area contributed by atoms with E-state index < -0.39 is 0 Å². The summed E-state index contributed by atoms with van der Waals surface area (Å²) >= 11 is 0. The topological polar surface area (TPSA) is 58.1 Å². The summed E-state index contributed by atoms with van der Waals surface area (Å²) in [6.07, 6.45) is 9.13. The zero-order chi connectivity index (χ0) is 17.5. The van der Waals surface area contributed by atoms with Crippen LogP contribution in [0.3, 0.4) is 0 Å². The van der Waals surface area contributed by atoms with Crippen LogP contribution in [0.15, 0.2) is 4.99 Å². The molecule has 3 aliphatic heterocycles. The summed E-state index contributed by atoms with van der Waals surface area (Å²) < 4.78 is 11.3. The lowest BCUT2D eigenvalue weighted by Crippen LogP contribution is -2.56. The lowest BCUT2D eigenvalue weighted by atomic mass is 9.82. The average molecular weight is 480 g/mol. The van der Waals surface area contributed by atoms with Gasteiger partial charge in [-0.15, -0.1) is 24.0 Å². The van der Waals surface area contributed by atoms with Crippen LogP contribution in [0.5, 0.6) is 0 Å². The lowest BCUT2D eigenvalue weighted by Gasteiger charge is -2.47. The number of nitrogens with zero attached hydrogens (tertiary/aromatic N) is 2. The molecule has 3 heterocycles. The fourth-order valence-corrected chi connectivity index (χ4v) is 4.46. The molecule has 0 amide bonds. The van der Waals surface area contributed by atoms with Gasteiger partial charge in [0, 0.05) is 31.3 Å². The van der Waals surface area contributed by atoms with E-state index in [4.69, 9.17) is 14.5 Å². The molecular weight excluding hydrogens is 443 g/mol. The first-order valence-electron chi connectivity index (χ1n) is 10.2. The molecule has 0 aromatic heterocycles. The minimum Gasteiger partial charge on any atom is -0.377 e. The summed E-state index contributed by atoms with van der Waals surface area (Å²) in [5, 5.41) is 7.05. The SMILES string of the molecule is CCNC(=NCCOCC1CCCO1)NC1CC2CCCC(C1)N2C.I. The van der Waals surface area contributed by atoms with Gasteiger partial charge in [-0.3, -0.25) is 4.99 Å². The van der Waals surface area contributed by atoms with E-state index in [9.17, 15) is 0 Å². The molecule has 3 atom stereocenters. The molecule has 3 rings (SSSR count). The number of piperidine rings is 2. The molecule has 2 N–H and O–H groups in total. The second-order valence-corrected chi connectivity index (χ2v) is 7.69. The fourth-order valence-electron chi connectivity index (χ4n) is 4.46. The molecule has 152 valence electrons. The van der Waals surface area contributed by atoms with E-state index in [1.807, 2.05) is 0 Å². The van der Waals surface area contributed by atoms with Gasteiger partial charge in [0.2, 0.25) is 0 Å². The zero-order valence-electron chi connectivity index (χ0n) is 16.4. The van der Waals surface area contributed by atoms with Crippen molar-refractivity contribution in [3.8, 4) is 0 Å². The van der Waals surface area contributed by atoms with Gasteiger partial charge in [0.25, 0.3) is 0 Å². The molecule has 0 aromatic carbocycles. The first kappa shape index (κ1) is 22.2. The summed E-state index contributed by atoms with van der Waals surface area (Å²) in [6, 6.07) is 2.02. The third kappa shape index (κ3) is 6.49. The van der Waals surface area contributed by atoms with Crippen molar-refractivity contribution in [2.75, 3.05) is 40.0 Å². The highest BCUT2D eigenvalue weighted by Crippen LogP contribution is 2.32. The van der Waals surface area contributed by atoms with Crippen LogP contribution in [-0.4, -0.2) is 75.0 Å². The van der Waals surface area contributed by atoms with Crippen molar-refractivity contribution in [2.24, 2.45) is 4.99 Å². The van der Waals surface area contributed by atoms with E-state index in [1.165, 1.54) is 38.5 Å². The number of hydrogen-bond acceptors (Lipinski definition) is 4. The van der Waals surface area contributed by atoms with Gasteiger partial charge in [-0.05, 0) is 52.5 Å². The van der Waals surface area contributed by atoms with Gasteiger partial charge in [0.05, 0.1) is 25.9 Å². The van der Waals surface area contributed by atoms with E-state index in [-0.39, 0.29) is 24.0 Å². The van der Waals surface area contributed by atoms with Crippen molar-refractivity contribution in [2.45, 2.75) is 76.1 Å². The van der Waals surface area contributed by atoms with Crippen LogP contribution in [0.1, 0.15) is 51.9 Å². The summed E-state index contributed by atoms with van der Waals surface area (Å²) in [6.45, 7) is 5.96. The minimum atomic E-state index is 0. The van der Waals surface area contributed by atoms with Crippen LogP contribution in [-0.2, 0) is 9.47 Å². The van der Waals surface area contributed by atoms with Gasteiger partial charge < -0.3 is 25.0 Å². The Morgan fingerprint density at radius 3 is 2.62 bits per heavy atom. The maximum atomic E-state index is 5.72. The Kier molecular flexibility index (Phi) is 9.94. The van der Waals surface area contributed by atoms with Gasteiger partial charge >= 0.3 is 0 Å². The van der Waals surface area contributed by atoms with Crippen LogP contribution < -0.4 is 10.6 Å². The number of fused-ring (bicyclic) bond motifs is 2. The van der Waals surface area contributed by atoms with Crippen LogP contribution in [0.2, 0.25) is 0 Å². The van der Waals surface area contributed by atoms with Crippen molar-refractivity contribution < 1.29 is 9.47 Å². The van der Waals surface area contributed by atoms with Crippen LogP contribution in [0.4, 0.5) is 0 Å². The van der Waals surface area contributed by atoms with Crippen molar-refractivity contribution in [3.63, 3.8) is 0 Å². The molecule has 26 heavy (non-hydrogen) atoms. The molecule has 0 spiro atoms. The van der Waals surface area contributed by atoms with E-state index in [0.29, 0.717) is 31.9 Å². The molecule has 0 saturated carbocycles. The number of hydrogen-bond donors (Lipinski definition) is 2. The number of nitrogens with one attached hydrogen (secondary N) is 2. The third-order valence-corrected chi connectivity index (χ3v) is 5.86. The minimum absolute atomic E-state index is 0. The number of halogens is 1. The predicted octanol–water partition coefficient (Wildman–Crippen LogP) is 2.37. The summed E-state index contributed by atoms with van der Waals surface area (Å²) in [7, 11) is 2.30. The Labute approximate surface area is 175 Å². The number of aliphatic imine (C=N–C) groups is 1. The van der Waals surface area contributed by atoms with Gasteiger partial charge in [-0.1, -0.05) is 6.42 Å². The molecule has 0 aliphatic carbocycles. The van der Waals surface area contributed by atoms with E-state index in [1.54, 1.807) is 0 Å². The molecule has 3 saturated heterocycles. The highest BCUT2D eigenvalue weighted by Gasteiger charge is 2.36. The van der Waals surface area contributed by atoms with Crippen molar-refractivity contribution in [3.05, 3.63) is 0 Å². The van der Waals surface area contributed by atoms with Crippen molar-refractivity contribution >= 4 is 29.9 Å². The van der Waals surface area contributed by atoms with Crippen molar-refractivity contribution in [1.29, 1.82) is 0 Å². The summed E-state index contributed by atoms with van der Waals surface area (Å²) in [4.78, 5) is 7.30. The standard InChI is InChI=1S/C19H36N4O2.HI/c1-3-20-19(21-9-11-24-14-18-8-5-10-25-18)22-15-12-16-6-4-7-17(13-15)23(16)2;/h15-18H,3-14H2,1-2H3,(H2,20,21,22);1H. The third-order valence-electron chi connectivity index (χ3n) is 5.86. The number of rotatable bonds is 7. The smallest absolute Gasteiger partial charge is 0.191 e. The molecule has 0 aromatic rings. The molecule has 6 nitrogen and oxygen atoms in total. The van der Waals surface area contributed by atoms with Crippen LogP contribution in [0.25, 0.3) is 0 Å². The largest absolute Gasteiger partial charge is 0.377 e. The Balaban J connectivity index is 0.00000243. The number of guanidine groups is 1. The Morgan fingerprint density at radius 1 is 1.19 bits per heavy atom. The highest BCUT2D eigenvalue weighted by molar-refractivity contribution is 14.0. The fraction of sp³-hybridized carbons (Fsp3) is 0.947. The first-order valence-corrected chi connectivity index (χ1v) is 10.2. The Morgan fingerprint density at radius 2 is 1.96 bits per heavy atom. The molecular formula is C19H37IN4O2. The quantitative estimate of drug-likeness (QED) is 0.254. The summed E-state index contributed by atoms with van der Waals surface area (Å²) in [5.41, 5.74) is 0. The molecule has 3 unspecified atom stereocenters. The predicted molar refractivity (Wildman–Crippen MR) is 117 cm³/mol. The van der Waals surface area contributed by atoms with Gasteiger partial charge in [-0.2, -0.15) is 0 Å². The summed E-state index contributed by atoms with van der Waals surface area (Å²) in [5.74, 6) is 0.941. The second-order valence-electron chi connectivity index (χ2n) is 7.69. The van der Waals surface area contributed by atoms with E-state index >= 15 is 0 Å². The average Bonchev–Trinajstić information content (AvgIpc) is 3.09. The van der Waals surface area contributed by atoms with Crippen molar-refractivity contribution in [1.82, 2.24) is 15.5 Å². The maximum Gasteiger partial charge on any atom is 0.191 e. The second kappa shape index (κ2) is 11.7. The van der Waals surface area contributed by atoms with Crippen LogP contribution >= 0.6 is 24.0 Å². The van der Waals surface area contributed by atoms with Gasteiger partial charge in [0.15, 0.2) is 5.96 Å². The van der Waals surface area contributed by atoms with Crippen LogP contribution in [0, 0.1) is 0 Å². The maximum absolute atomic E-state index is 5.72. The molecule has 0 radical (unpaired) electrons. The molecule has 3 fully saturated rings. The normalized spacial score (nSPS) is 32.2. The Bertz CT molecular complexity index is 418. The molecule has 3 aliphatic rings. The van der Waals surface area contributed by atoms with Gasteiger partial charge in [0.1, 0.15) is 0 Å². The Hall–Kier alpha value is -0.120. The lowest BCUT2D eigenvalue weighted by molar-refractivity contribution is 0.0199. The van der Waals surface area contributed by atoms with Gasteiger partial charge in [-0.25, -0.2) is 0 Å². The molecule has 2 bridgehead atoms.